The molecule has 0 aliphatic carbocycles. The highest BCUT2D eigenvalue weighted by Crippen LogP contribution is 2.16. The van der Waals surface area contributed by atoms with E-state index >= 15 is 0 Å². The summed E-state index contributed by atoms with van der Waals surface area (Å²) in [7, 11) is 1.80. The number of rotatable bonds is 7. The quantitative estimate of drug-likeness (QED) is 0.595. The molecule has 1 rings (SSSR count). The molecular formula is C14H27N5S. The number of aliphatic imine (C=N–C) groups is 1. The number of likely N-dealkylation sites (N-methyl/N-ethyl adjacent to an activating group) is 1. The van der Waals surface area contributed by atoms with Crippen molar-refractivity contribution in [3.05, 3.63) is 15.6 Å². The second-order valence-corrected chi connectivity index (χ2v) is 5.91. The standard InChI is InChI=1S/C14H27N5S/c1-6-19(7-2)9-8-16-14(15-5)17-10-13-11(3)18-12(4)20-13/h6-10H2,1-5H3,(H2,15,16,17). The van der Waals surface area contributed by atoms with Crippen LogP contribution in [0.2, 0.25) is 0 Å². The maximum atomic E-state index is 4.43. The minimum atomic E-state index is 0.780. The summed E-state index contributed by atoms with van der Waals surface area (Å²) in [6.07, 6.45) is 0. The van der Waals surface area contributed by atoms with Gasteiger partial charge >= 0.3 is 0 Å². The van der Waals surface area contributed by atoms with Gasteiger partial charge in [0.05, 0.1) is 17.2 Å². The smallest absolute Gasteiger partial charge is 0.191 e. The largest absolute Gasteiger partial charge is 0.355 e. The lowest BCUT2D eigenvalue weighted by Gasteiger charge is -2.19. The molecule has 6 heteroatoms. The lowest BCUT2D eigenvalue weighted by Crippen LogP contribution is -2.41. The molecule has 0 aliphatic rings. The Morgan fingerprint density at radius 2 is 1.95 bits per heavy atom. The van der Waals surface area contributed by atoms with E-state index in [9.17, 15) is 0 Å². The Kier molecular flexibility index (Phi) is 7.54. The fourth-order valence-electron chi connectivity index (χ4n) is 1.99. The van der Waals surface area contributed by atoms with Gasteiger partial charge in [-0.25, -0.2) is 4.98 Å². The van der Waals surface area contributed by atoms with E-state index in [-0.39, 0.29) is 0 Å². The van der Waals surface area contributed by atoms with Crippen molar-refractivity contribution < 1.29 is 0 Å². The molecule has 1 heterocycles. The third-order valence-electron chi connectivity index (χ3n) is 3.25. The number of hydrogen-bond acceptors (Lipinski definition) is 4. The molecule has 20 heavy (non-hydrogen) atoms. The van der Waals surface area contributed by atoms with Gasteiger partial charge in [0, 0.05) is 25.0 Å². The number of hydrogen-bond donors (Lipinski definition) is 2. The molecule has 0 fully saturated rings. The highest BCUT2D eigenvalue weighted by Gasteiger charge is 2.06. The second-order valence-electron chi connectivity index (χ2n) is 4.62. The number of guanidine groups is 1. The molecule has 0 aliphatic heterocycles. The Labute approximate surface area is 126 Å². The summed E-state index contributed by atoms with van der Waals surface area (Å²) in [6.45, 7) is 13.4. The molecule has 0 amide bonds. The van der Waals surface area contributed by atoms with Gasteiger partial charge in [0.2, 0.25) is 0 Å². The predicted octanol–water partition coefficient (Wildman–Crippen LogP) is 1.77. The van der Waals surface area contributed by atoms with Gasteiger partial charge in [0.25, 0.3) is 0 Å². The lowest BCUT2D eigenvalue weighted by atomic mass is 10.4. The van der Waals surface area contributed by atoms with Crippen molar-refractivity contribution in [2.24, 2.45) is 4.99 Å². The molecule has 0 aromatic carbocycles. The van der Waals surface area contributed by atoms with E-state index < -0.39 is 0 Å². The van der Waals surface area contributed by atoms with Crippen molar-refractivity contribution in [2.75, 3.05) is 33.2 Å². The SMILES string of the molecule is CCN(CC)CCNC(=NC)NCc1sc(C)nc1C. The summed E-state index contributed by atoms with van der Waals surface area (Å²) in [5, 5.41) is 7.80. The van der Waals surface area contributed by atoms with Crippen molar-refractivity contribution in [3.8, 4) is 0 Å². The minimum Gasteiger partial charge on any atom is -0.355 e. The number of nitrogens with zero attached hydrogens (tertiary/aromatic N) is 3. The summed E-state index contributed by atoms with van der Waals surface area (Å²) in [5.41, 5.74) is 1.11. The fourth-order valence-corrected chi connectivity index (χ4v) is 2.87. The van der Waals surface area contributed by atoms with Crippen LogP contribution in [0.3, 0.4) is 0 Å². The van der Waals surface area contributed by atoms with Crippen molar-refractivity contribution in [1.29, 1.82) is 0 Å². The van der Waals surface area contributed by atoms with E-state index in [1.807, 2.05) is 6.92 Å². The summed E-state index contributed by atoms with van der Waals surface area (Å²) >= 11 is 1.74. The molecule has 0 bridgehead atoms. The van der Waals surface area contributed by atoms with Crippen LogP contribution in [0.1, 0.15) is 29.4 Å². The number of nitrogens with one attached hydrogen (secondary N) is 2. The summed E-state index contributed by atoms with van der Waals surface area (Å²) in [4.78, 5) is 12.3. The third kappa shape index (κ3) is 5.46. The van der Waals surface area contributed by atoms with Gasteiger partial charge in [0.15, 0.2) is 5.96 Å². The molecule has 0 spiro atoms. The zero-order chi connectivity index (χ0) is 15.0. The highest BCUT2D eigenvalue weighted by molar-refractivity contribution is 7.11. The van der Waals surface area contributed by atoms with E-state index in [1.165, 1.54) is 4.88 Å². The molecule has 2 N–H and O–H groups in total. The highest BCUT2D eigenvalue weighted by atomic mass is 32.1. The molecular weight excluding hydrogens is 270 g/mol. The van der Waals surface area contributed by atoms with E-state index in [0.717, 1.165) is 49.4 Å². The van der Waals surface area contributed by atoms with Crippen LogP contribution in [0.5, 0.6) is 0 Å². The first kappa shape index (κ1) is 16.9. The predicted molar refractivity (Wildman–Crippen MR) is 87.6 cm³/mol. The Balaban J connectivity index is 2.35. The van der Waals surface area contributed by atoms with E-state index in [4.69, 9.17) is 0 Å². The van der Waals surface area contributed by atoms with Crippen LogP contribution >= 0.6 is 11.3 Å². The zero-order valence-corrected chi connectivity index (χ0v) is 14.1. The van der Waals surface area contributed by atoms with Crippen molar-refractivity contribution in [2.45, 2.75) is 34.2 Å². The van der Waals surface area contributed by atoms with Gasteiger partial charge in [-0.05, 0) is 26.9 Å². The van der Waals surface area contributed by atoms with Crippen LogP contribution in [0.4, 0.5) is 0 Å². The van der Waals surface area contributed by atoms with Gasteiger partial charge < -0.3 is 15.5 Å². The number of thiazole rings is 1. The molecule has 1 aromatic heterocycles. The van der Waals surface area contributed by atoms with Crippen molar-refractivity contribution in [1.82, 2.24) is 20.5 Å². The topological polar surface area (TPSA) is 52.5 Å². The normalized spacial score (nSPS) is 12.0. The molecule has 1 aromatic rings. The molecule has 0 unspecified atom stereocenters. The van der Waals surface area contributed by atoms with Crippen molar-refractivity contribution >= 4 is 17.3 Å². The average Bonchev–Trinajstić information content (AvgIpc) is 2.76. The van der Waals surface area contributed by atoms with Crippen LogP contribution in [-0.2, 0) is 6.54 Å². The minimum absolute atomic E-state index is 0.780. The Hall–Kier alpha value is -1.14. The monoisotopic (exact) mass is 297 g/mol. The molecule has 114 valence electrons. The van der Waals surface area contributed by atoms with Crippen LogP contribution in [0, 0.1) is 13.8 Å². The van der Waals surface area contributed by atoms with Gasteiger partial charge in [0.1, 0.15) is 0 Å². The molecule has 0 saturated heterocycles. The number of aromatic nitrogens is 1. The Morgan fingerprint density at radius 1 is 1.25 bits per heavy atom. The first-order chi connectivity index (χ1) is 9.60. The van der Waals surface area contributed by atoms with E-state index in [0.29, 0.717) is 0 Å². The number of aryl methyl sites for hydroxylation is 2. The van der Waals surface area contributed by atoms with Gasteiger partial charge in [-0.1, -0.05) is 13.8 Å². The molecule has 0 radical (unpaired) electrons. The van der Waals surface area contributed by atoms with E-state index in [2.05, 4.69) is 46.3 Å². The zero-order valence-electron chi connectivity index (χ0n) is 13.3. The van der Waals surface area contributed by atoms with Crippen LogP contribution < -0.4 is 10.6 Å². The Bertz CT molecular complexity index is 423. The second kappa shape index (κ2) is 8.92. The van der Waals surface area contributed by atoms with Crippen LogP contribution in [0.15, 0.2) is 4.99 Å². The maximum Gasteiger partial charge on any atom is 0.191 e. The van der Waals surface area contributed by atoms with Gasteiger partial charge in [-0.2, -0.15) is 0 Å². The summed E-state index contributed by atoms with van der Waals surface area (Å²) in [6, 6.07) is 0. The summed E-state index contributed by atoms with van der Waals surface area (Å²) in [5.74, 6) is 0.850. The van der Waals surface area contributed by atoms with Gasteiger partial charge in [-0.15, -0.1) is 11.3 Å². The maximum absolute atomic E-state index is 4.43. The van der Waals surface area contributed by atoms with Crippen LogP contribution in [0.25, 0.3) is 0 Å². The lowest BCUT2D eigenvalue weighted by molar-refractivity contribution is 0.308. The summed E-state index contributed by atoms with van der Waals surface area (Å²) < 4.78 is 0. The van der Waals surface area contributed by atoms with E-state index in [1.54, 1.807) is 18.4 Å². The van der Waals surface area contributed by atoms with Crippen LogP contribution in [-0.4, -0.2) is 49.1 Å². The first-order valence-corrected chi connectivity index (χ1v) is 8.02. The molecule has 0 atom stereocenters. The first-order valence-electron chi connectivity index (χ1n) is 7.20. The van der Waals surface area contributed by atoms with Gasteiger partial charge in [-0.3, -0.25) is 4.99 Å². The molecule has 5 nitrogen and oxygen atoms in total. The molecule has 0 saturated carbocycles. The van der Waals surface area contributed by atoms with Crippen molar-refractivity contribution in [3.63, 3.8) is 0 Å². The third-order valence-corrected chi connectivity index (χ3v) is 4.33. The fraction of sp³-hybridized carbons (Fsp3) is 0.714. The Morgan fingerprint density at radius 3 is 2.45 bits per heavy atom. The average molecular weight is 297 g/mol.